The molecule has 1 atom stereocenters. The number of thiazole rings is 1. The summed E-state index contributed by atoms with van der Waals surface area (Å²) >= 11 is 1.66. The summed E-state index contributed by atoms with van der Waals surface area (Å²) in [4.78, 5) is 5.36. The van der Waals surface area contributed by atoms with Crippen molar-refractivity contribution >= 4 is 11.3 Å². The normalized spacial score (nSPS) is 12.4. The number of methoxy groups -OCH3 is 1. The third kappa shape index (κ3) is 3.05. The molecule has 1 aromatic carbocycles. The summed E-state index contributed by atoms with van der Waals surface area (Å²) in [6.45, 7) is 1.99. The number of rotatable bonds is 4. The largest absolute Gasteiger partial charge is 0.497 e. The lowest BCUT2D eigenvalue weighted by Crippen LogP contribution is -2.11. The second kappa shape index (κ2) is 5.29. The first kappa shape index (κ1) is 12.1. The summed E-state index contributed by atoms with van der Waals surface area (Å²) < 4.78 is 5.20. The Morgan fingerprint density at radius 1 is 1.47 bits per heavy atom. The molecule has 0 spiro atoms. The van der Waals surface area contributed by atoms with Crippen LogP contribution >= 0.6 is 11.3 Å². The number of ether oxygens (including phenoxy) is 1. The van der Waals surface area contributed by atoms with Crippen LogP contribution in [0.4, 0.5) is 0 Å². The van der Waals surface area contributed by atoms with Gasteiger partial charge in [0.2, 0.25) is 0 Å². The van der Waals surface area contributed by atoms with Crippen molar-refractivity contribution in [2.45, 2.75) is 19.4 Å². The zero-order valence-corrected chi connectivity index (χ0v) is 10.8. The fraction of sp³-hybridized carbons (Fsp3) is 0.308. The highest BCUT2D eigenvalue weighted by atomic mass is 32.1. The van der Waals surface area contributed by atoms with Gasteiger partial charge in [-0.3, -0.25) is 0 Å². The molecule has 0 saturated carbocycles. The number of benzene rings is 1. The van der Waals surface area contributed by atoms with E-state index in [4.69, 9.17) is 10.5 Å². The maximum Gasteiger partial charge on any atom is 0.119 e. The SMILES string of the molecule is COc1cccc(CC(N)c2cnc(C)s2)c1. The molecular weight excluding hydrogens is 232 g/mol. The molecule has 0 aliphatic rings. The van der Waals surface area contributed by atoms with Crippen LogP contribution in [0.15, 0.2) is 30.5 Å². The van der Waals surface area contributed by atoms with Gasteiger partial charge < -0.3 is 10.5 Å². The monoisotopic (exact) mass is 248 g/mol. The molecule has 90 valence electrons. The van der Waals surface area contributed by atoms with Crippen molar-refractivity contribution in [3.63, 3.8) is 0 Å². The summed E-state index contributed by atoms with van der Waals surface area (Å²) in [6.07, 6.45) is 2.67. The molecule has 1 unspecified atom stereocenters. The van der Waals surface area contributed by atoms with Gasteiger partial charge in [0.05, 0.1) is 12.1 Å². The Labute approximate surface area is 105 Å². The van der Waals surface area contributed by atoms with Crippen LogP contribution in [-0.4, -0.2) is 12.1 Å². The Morgan fingerprint density at radius 2 is 2.29 bits per heavy atom. The zero-order chi connectivity index (χ0) is 12.3. The topological polar surface area (TPSA) is 48.1 Å². The predicted molar refractivity (Wildman–Crippen MR) is 70.5 cm³/mol. The van der Waals surface area contributed by atoms with Gasteiger partial charge in [0.1, 0.15) is 5.75 Å². The summed E-state index contributed by atoms with van der Waals surface area (Å²) in [5.74, 6) is 0.871. The van der Waals surface area contributed by atoms with Gasteiger partial charge in [0, 0.05) is 17.1 Å². The van der Waals surface area contributed by atoms with Crippen molar-refractivity contribution in [1.29, 1.82) is 0 Å². The molecule has 0 amide bonds. The highest BCUT2D eigenvalue weighted by Crippen LogP contribution is 2.23. The van der Waals surface area contributed by atoms with Crippen molar-refractivity contribution in [1.82, 2.24) is 4.98 Å². The van der Waals surface area contributed by atoms with Crippen LogP contribution in [0.5, 0.6) is 5.75 Å². The number of aromatic nitrogens is 1. The summed E-state index contributed by atoms with van der Waals surface area (Å²) in [5.41, 5.74) is 7.34. The molecule has 4 heteroatoms. The van der Waals surface area contributed by atoms with E-state index in [0.29, 0.717) is 0 Å². The van der Waals surface area contributed by atoms with E-state index in [9.17, 15) is 0 Å². The van der Waals surface area contributed by atoms with E-state index < -0.39 is 0 Å². The van der Waals surface area contributed by atoms with E-state index in [0.717, 1.165) is 22.1 Å². The average Bonchev–Trinajstić information content (AvgIpc) is 2.76. The summed E-state index contributed by atoms with van der Waals surface area (Å²) in [6, 6.07) is 8.02. The molecule has 1 heterocycles. The minimum absolute atomic E-state index is 0.00769. The lowest BCUT2D eigenvalue weighted by atomic mass is 10.1. The number of hydrogen-bond donors (Lipinski definition) is 1. The van der Waals surface area contributed by atoms with Crippen LogP contribution in [0.25, 0.3) is 0 Å². The summed E-state index contributed by atoms with van der Waals surface area (Å²) in [5, 5.41) is 1.06. The molecule has 0 bridgehead atoms. The lowest BCUT2D eigenvalue weighted by Gasteiger charge is -2.10. The van der Waals surface area contributed by atoms with Gasteiger partial charge in [0.15, 0.2) is 0 Å². The summed E-state index contributed by atoms with van der Waals surface area (Å²) in [7, 11) is 1.67. The van der Waals surface area contributed by atoms with Crippen LogP contribution in [0.2, 0.25) is 0 Å². The Hall–Kier alpha value is -1.39. The molecule has 0 saturated heterocycles. The fourth-order valence-corrected chi connectivity index (χ4v) is 2.49. The molecule has 0 radical (unpaired) electrons. The molecule has 2 rings (SSSR count). The van der Waals surface area contributed by atoms with Gasteiger partial charge in [-0.15, -0.1) is 11.3 Å². The second-order valence-electron chi connectivity index (χ2n) is 3.94. The molecular formula is C13H16N2OS. The molecule has 3 nitrogen and oxygen atoms in total. The smallest absolute Gasteiger partial charge is 0.119 e. The Morgan fingerprint density at radius 3 is 2.94 bits per heavy atom. The highest BCUT2D eigenvalue weighted by Gasteiger charge is 2.10. The fourth-order valence-electron chi connectivity index (χ4n) is 1.70. The first-order chi connectivity index (χ1) is 8.19. The first-order valence-corrected chi connectivity index (χ1v) is 6.31. The minimum Gasteiger partial charge on any atom is -0.497 e. The van der Waals surface area contributed by atoms with E-state index in [1.54, 1.807) is 18.4 Å². The van der Waals surface area contributed by atoms with Crippen molar-refractivity contribution < 1.29 is 4.74 Å². The molecule has 2 N–H and O–H groups in total. The van der Waals surface area contributed by atoms with Crippen LogP contribution < -0.4 is 10.5 Å². The van der Waals surface area contributed by atoms with Gasteiger partial charge in [-0.25, -0.2) is 4.98 Å². The van der Waals surface area contributed by atoms with E-state index >= 15 is 0 Å². The molecule has 0 fully saturated rings. The van der Waals surface area contributed by atoms with Crippen molar-refractivity contribution in [3.8, 4) is 5.75 Å². The Kier molecular flexibility index (Phi) is 3.76. The van der Waals surface area contributed by atoms with Crippen molar-refractivity contribution in [3.05, 3.63) is 45.9 Å². The van der Waals surface area contributed by atoms with Gasteiger partial charge >= 0.3 is 0 Å². The van der Waals surface area contributed by atoms with Crippen LogP contribution in [0, 0.1) is 6.92 Å². The number of aryl methyl sites for hydroxylation is 1. The first-order valence-electron chi connectivity index (χ1n) is 5.50. The zero-order valence-electron chi connectivity index (χ0n) is 10.0. The molecule has 17 heavy (non-hydrogen) atoms. The Bertz CT molecular complexity index is 496. The number of hydrogen-bond acceptors (Lipinski definition) is 4. The molecule has 2 aromatic rings. The third-order valence-electron chi connectivity index (χ3n) is 2.59. The number of nitrogens with two attached hydrogens (primary N) is 1. The molecule has 0 aliphatic carbocycles. The predicted octanol–water partition coefficient (Wildman–Crippen LogP) is 2.70. The van der Waals surface area contributed by atoms with Gasteiger partial charge in [0.25, 0.3) is 0 Å². The van der Waals surface area contributed by atoms with E-state index in [1.807, 2.05) is 31.3 Å². The van der Waals surface area contributed by atoms with E-state index in [1.165, 1.54) is 5.56 Å². The molecule has 1 aromatic heterocycles. The van der Waals surface area contributed by atoms with Crippen LogP contribution in [0.1, 0.15) is 21.5 Å². The Balaban J connectivity index is 2.09. The third-order valence-corrected chi connectivity index (χ3v) is 3.64. The van der Waals surface area contributed by atoms with Crippen molar-refractivity contribution in [2.24, 2.45) is 5.73 Å². The quantitative estimate of drug-likeness (QED) is 0.905. The minimum atomic E-state index is 0.00769. The van der Waals surface area contributed by atoms with E-state index in [-0.39, 0.29) is 6.04 Å². The van der Waals surface area contributed by atoms with E-state index in [2.05, 4.69) is 11.1 Å². The lowest BCUT2D eigenvalue weighted by molar-refractivity contribution is 0.414. The number of nitrogens with zero attached hydrogens (tertiary/aromatic N) is 1. The standard InChI is InChI=1S/C13H16N2OS/c1-9-15-8-13(17-9)12(14)7-10-4-3-5-11(6-10)16-2/h3-6,8,12H,7,14H2,1-2H3. The van der Waals surface area contributed by atoms with Gasteiger partial charge in [-0.2, -0.15) is 0 Å². The van der Waals surface area contributed by atoms with Gasteiger partial charge in [-0.05, 0) is 31.0 Å². The maximum atomic E-state index is 6.16. The molecule has 0 aliphatic heterocycles. The van der Waals surface area contributed by atoms with Gasteiger partial charge in [-0.1, -0.05) is 12.1 Å². The maximum absolute atomic E-state index is 6.16. The highest BCUT2D eigenvalue weighted by molar-refractivity contribution is 7.11. The van der Waals surface area contributed by atoms with Crippen LogP contribution in [-0.2, 0) is 6.42 Å². The van der Waals surface area contributed by atoms with Crippen LogP contribution in [0.3, 0.4) is 0 Å². The average molecular weight is 248 g/mol. The van der Waals surface area contributed by atoms with Crippen molar-refractivity contribution in [2.75, 3.05) is 7.11 Å². The second-order valence-corrected chi connectivity index (χ2v) is 5.21.